The zero-order chi connectivity index (χ0) is 22.5. The second kappa shape index (κ2) is 9.17. The van der Waals surface area contributed by atoms with E-state index in [4.69, 9.17) is 4.74 Å². The number of anilines is 1. The van der Waals surface area contributed by atoms with E-state index in [1.165, 1.54) is 4.68 Å². The van der Waals surface area contributed by atoms with Crippen molar-refractivity contribution >= 4 is 17.6 Å². The Morgan fingerprint density at radius 2 is 1.62 bits per heavy atom. The third kappa shape index (κ3) is 4.67. The molecule has 32 heavy (non-hydrogen) atoms. The standard InChI is InChI=1S/C23H16F2N4O3/c24-16-11-12-18(25)19(13-16)26-20(30)14-32-23(31)21-27-22(15-7-3-1-4-8-15)29(28-21)17-9-5-2-6-10-17/h1-13H,14H2,(H,26,30). The average molecular weight is 434 g/mol. The molecule has 160 valence electrons. The monoisotopic (exact) mass is 434 g/mol. The van der Waals surface area contributed by atoms with Crippen LogP contribution in [0.5, 0.6) is 0 Å². The van der Waals surface area contributed by atoms with Gasteiger partial charge in [0.1, 0.15) is 11.6 Å². The minimum atomic E-state index is -0.938. The number of para-hydroxylation sites is 1. The highest BCUT2D eigenvalue weighted by Gasteiger charge is 2.21. The van der Waals surface area contributed by atoms with Crippen LogP contribution in [0.25, 0.3) is 17.1 Å². The largest absolute Gasteiger partial charge is 0.450 e. The van der Waals surface area contributed by atoms with Gasteiger partial charge in [-0.3, -0.25) is 4.79 Å². The molecule has 0 saturated carbocycles. The van der Waals surface area contributed by atoms with E-state index in [9.17, 15) is 18.4 Å². The van der Waals surface area contributed by atoms with Crippen molar-refractivity contribution in [2.24, 2.45) is 0 Å². The summed E-state index contributed by atoms with van der Waals surface area (Å²) in [6.45, 7) is -0.727. The Balaban J connectivity index is 1.52. The molecule has 0 bridgehead atoms. The first-order valence-electron chi connectivity index (χ1n) is 9.51. The summed E-state index contributed by atoms with van der Waals surface area (Å²) in [6, 6.07) is 20.9. The Kier molecular flexibility index (Phi) is 5.98. The topological polar surface area (TPSA) is 86.1 Å². The highest BCUT2D eigenvalue weighted by molar-refractivity contribution is 5.94. The maximum absolute atomic E-state index is 13.7. The maximum atomic E-state index is 13.7. The lowest BCUT2D eigenvalue weighted by molar-refractivity contribution is -0.119. The number of hydrogen-bond donors (Lipinski definition) is 1. The quantitative estimate of drug-likeness (QED) is 0.464. The molecule has 1 N–H and O–H groups in total. The maximum Gasteiger partial charge on any atom is 0.378 e. The molecule has 0 aliphatic carbocycles. The van der Waals surface area contributed by atoms with Crippen molar-refractivity contribution < 1.29 is 23.1 Å². The summed E-state index contributed by atoms with van der Waals surface area (Å²) in [5, 5.41) is 6.38. The van der Waals surface area contributed by atoms with E-state index in [1.807, 2.05) is 48.5 Å². The van der Waals surface area contributed by atoms with Gasteiger partial charge < -0.3 is 10.1 Å². The van der Waals surface area contributed by atoms with Gasteiger partial charge in [-0.05, 0) is 24.3 Å². The molecule has 0 radical (unpaired) electrons. The van der Waals surface area contributed by atoms with Crippen molar-refractivity contribution in [2.75, 3.05) is 11.9 Å². The SMILES string of the molecule is O=C(COC(=O)c1nc(-c2ccccc2)n(-c2ccccc2)n1)Nc1cc(F)ccc1F. The number of amides is 1. The van der Waals surface area contributed by atoms with E-state index in [2.05, 4.69) is 15.4 Å². The highest BCUT2D eigenvalue weighted by Crippen LogP contribution is 2.21. The second-order valence-electron chi connectivity index (χ2n) is 6.62. The van der Waals surface area contributed by atoms with Crippen LogP contribution < -0.4 is 5.32 Å². The fraction of sp³-hybridized carbons (Fsp3) is 0.0435. The Labute approximate surface area is 181 Å². The van der Waals surface area contributed by atoms with Gasteiger partial charge in [0.2, 0.25) is 0 Å². The molecule has 3 aromatic carbocycles. The van der Waals surface area contributed by atoms with Gasteiger partial charge >= 0.3 is 5.97 Å². The summed E-state index contributed by atoms with van der Waals surface area (Å²) in [5.74, 6) is -3.16. The summed E-state index contributed by atoms with van der Waals surface area (Å²) in [6.07, 6.45) is 0. The van der Waals surface area contributed by atoms with Crippen molar-refractivity contribution in [2.45, 2.75) is 0 Å². The van der Waals surface area contributed by atoms with E-state index >= 15 is 0 Å². The van der Waals surface area contributed by atoms with Crippen LogP contribution in [-0.2, 0) is 9.53 Å². The Bertz CT molecular complexity index is 1200. The predicted octanol–water partition coefficient (Wildman–Crippen LogP) is 4.01. The molecule has 1 heterocycles. The number of hydrogen-bond acceptors (Lipinski definition) is 5. The van der Waals surface area contributed by atoms with Gasteiger partial charge in [0.25, 0.3) is 11.7 Å². The lowest BCUT2D eigenvalue weighted by Gasteiger charge is -2.06. The van der Waals surface area contributed by atoms with Crippen molar-refractivity contribution in [1.82, 2.24) is 14.8 Å². The summed E-state index contributed by atoms with van der Waals surface area (Å²) in [4.78, 5) is 28.8. The number of ether oxygens (including phenoxy) is 1. The number of benzene rings is 3. The molecule has 0 spiro atoms. The smallest absolute Gasteiger partial charge is 0.378 e. The molecule has 4 rings (SSSR count). The van der Waals surface area contributed by atoms with Gasteiger partial charge in [0.05, 0.1) is 11.4 Å². The van der Waals surface area contributed by atoms with Crippen LogP contribution in [-0.4, -0.2) is 33.2 Å². The molecule has 0 unspecified atom stereocenters. The molecule has 4 aromatic rings. The number of rotatable bonds is 6. The first-order chi connectivity index (χ1) is 15.5. The lowest BCUT2D eigenvalue weighted by atomic mass is 10.2. The summed E-state index contributed by atoms with van der Waals surface area (Å²) in [5.41, 5.74) is 1.04. The molecule has 0 fully saturated rings. The lowest BCUT2D eigenvalue weighted by Crippen LogP contribution is -2.22. The number of carbonyl (C=O) groups is 2. The molecule has 0 aliphatic rings. The van der Waals surface area contributed by atoms with Crippen LogP contribution in [0.3, 0.4) is 0 Å². The molecule has 0 atom stereocenters. The molecule has 0 aliphatic heterocycles. The summed E-state index contributed by atoms with van der Waals surface area (Å²) in [7, 11) is 0. The average Bonchev–Trinajstić information content (AvgIpc) is 3.27. The van der Waals surface area contributed by atoms with Gasteiger partial charge in [0, 0.05) is 11.6 Å². The fourth-order valence-corrected chi connectivity index (χ4v) is 2.90. The van der Waals surface area contributed by atoms with Crippen molar-refractivity contribution in [3.63, 3.8) is 0 Å². The minimum Gasteiger partial charge on any atom is -0.450 e. The Morgan fingerprint density at radius 3 is 2.34 bits per heavy atom. The van der Waals surface area contributed by atoms with Crippen LogP contribution in [0.15, 0.2) is 78.9 Å². The number of aromatic nitrogens is 3. The molecule has 1 aromatic heterocycles. The van der Waals surface area contributed by atoms with E-state index < -0.39 is 30.1 Å². The van der Waals surface area contributed by atoms with Crippen LogP contribution in [0, 0.1) is 11.6 Å². The molecule has 0 saturated heterocycles. The third-order valence-corrected chi connectivity index (χ3v) is 4.36. The Morgan fingerprint density at radius 1 is 0.938 bits per heavy atom. The second-order valence-corrected chi connectivity index (χ2v) is 6.62. The summed E-state index contributed by atoms with van der Waals surface area (Å²) >= 11 is 0. The molecule has 1 amide bonds. The van der Waals surface area contributed by atoms with Gasteiger partial charge in [-0.1, -0.05) is 48.5 Å². The van der Waals surface area contributed by atoms with E-state index in [0.717, 1.165) is 23.8 Å². The molecule has 9 heteroatoms. The van der Waals surface area contributed by atoms with Crippen LogP contribution >= 0.6 is 0 Å². The first kappa shape index (κ1) is 20.9. The van der Waals surface area contributed by atoms with E-state index in [1.54, 1.807) is 12.1 Å². The van der Waals surface area contributed by atoms with Gasteiger partial charge in [0.15, 0.2) is 12.4 Å². The molecular weight excluding hydrogens is 418 g/mol. The molecule has 7 nitrogen and oxygen atoms in total. The number of halogens is 2. The predicted molar refractivity (Wildman–Crippen MR) is 112 cm³/mol. The van der Waals surface area contributed by atoms with Crippen molar-refractivity contribution in [3.8, 4) is 17.1 Å². The Hall–Kier alpha value is -4.40. The number of nitrogens with one attached hydrogen (secondary N) is 1. The summed E-state index contributed by atoms with van der Waals surface area (Å²) < 4.78 is 33.3. The number of nitrogens with zero attached hydrogens (tertiary/aromatic N) is 3. The minimum absolute atomic E-state index is 0.252. The normalized spacial score (nSPS) is 10.6. The zero-order valence-corrected chi connectivity index (χ0v) is 16.5. The van der Waals surface area contributed by atoms with Crippen LogP contribution in [0.4, 0.5) is 14.5 Å². The van der Waals surface area contributed by atoms with Crippen molar-refractivity contribution in [3.05, 3.63) is 96.3 Å². The van der Waals surface area contributed by atoms with Crippen LogP contribution in [0.2, 0.25) is 0 Å². The van der Waals surface area contributed by atoms with Crippen LogP contribution in [0.1, 0.15) is 10.6 Å². The third-order valence-electron chi connectivity index (χ3n) is 4.36. The molecular formula is C23H16F2N4O3. The van der Waals surface area contributed by atoms with Gasteiger partial charge in [-0.25, -0.2) is 23.2 Å². The van der Waals surface area contributed by atoms with E-state index in [0.29, 0.717) is 11.5 Å². The number of esters is 1. The first-order valence-corrected chi connectivity index (χ1v) is 9.51. The number of carbonyl (C=O) groups excluding carboxylic acids is 2. The zero-order valence-electron chi connectivity index (χ0n) is 16.5. The highest BCUT2D eigenvalue weighted by atomic mass is 19.1. The van der Waals surface area contributed by atoms with Gasteiger partial charge in [-0.2, -0.15) is 0 Å². The van der Waals surface area contributed by atoms with Gasteiger partial charge in [-0.15, -0.1) is 5.10 Å². The van der Waals surface area contributed by atoms with E-state index in [-0.39, 0.29) is 11.5 Å². The van der Waals surface area contributed by atoms with Crippen molar-refractivity contribution in [1.29, 1.82) is 0 Å². The fourth-order valence-electron chi connectivity index (χ4n) is 2.90.